The molecule has 1 fully saturated rings. The third-order valence-electron chi connectivity index (χ3n) is 5.16. The molecule has 0 amide bonds. The lowest BCUT2D eigenvalue weighted by atomic mass is 10.1. The number of halogens is 2. The van der Waals surface area contributed by atoms with Crippen LogP contribution in [0.1, 0.15) is 42.4 Å². The number of methoxy groups -OCH3 is 1. The third kappa shape index (κ3) is 6.99. The van der Waals surface area contributed by atoms with Gasteiger partial charge in [0.25, 0.3) is 0 Å². The van der Waals surface area contributed by atoms with Crippen molar-refractivity contribution in [2.75, 3.05) is 14.2 Å². The lowest BCUT2D eigenvalue weighted by molar-refractivity contribution is 0.207. The molecular formula is C23H28FIN4O2. The summed E-state index contributed by atoms with van der Waals surface area (Å²) in [7, 11) is 3.29. The van der Waals surface area contributed by atoms with Gasteiger partial charge in [-0.3, -0.25) is 4.99 Å². The Morgan fingerprint density at radius 3 is 2.48 bits per heavy atom. The van der Waals surface area contributed by atoms with E-state index in [-0.39, 0.29) is 42.4 Å². The first-order valence-corrected chi connectivity index (χ1v) is 10.1. The lowest BCUT2D eigenvalue weighted by Crippen LogP contribution is -2.36. The minimum atomic E-state index is -0.362. The number of hydrogen-bond acceptors (Lipinski definition) is 4. The fourth-order valence-corrected chi connectivity index (χ4v) is 3.46. The number of benzene rings is 2. The number of nitrogens with zero attached hydrogens (tertiary/aromatic N) is 2. The maximum Gasteiger partial charge on any atom is 0.191 e. The zero-order chi connectivity index (χ0) is 21.3. The molecule has 0 atom stereocenters. The minimum absolute atomic E-state index is 0. The molecule has 0 spiro atoms. The van der Waals surface area contributed by atoms with E-state index >= 15 is 0 Å². The smallest absolute Gasteiger partial charge is 0.191 e. The largest absolute Gasteiger partial charge is 0.497 e. The Bertz CT molecular complexity index is 940. The first kappa shape index (κ1) is 24.7. The van der Waals surface area contributed by atoms with Crippen molar-refractivity contribution in [1.29, 1.82) is 5.26 Å². The number of nitrogens with one attached hydrogen (secondary N) is 2. The summed E-state index contributed by atoms with van der Waals surface area (Å²) in [6.45, 7) is 0.710. The Labute approximate surface area is 199 Å². The molecule has 2 aromatic carbocycles. The highest BCUT2D eigenvalue weighted by atomic mass is 127. The summed E-state index contributed by atoms with van der Waals surface area (Å²) < 4.78 is 25.6. The number of aliphatic imine (C=N–C) groups is 1. The molecule has 166 valence electrons. The molecule has 0 bridgehead atoms. The van der Waals surface area contributed by atoms with Crippen molar-refractivity contribution in [3.05, 3.63) is 58.9 Å². The average Bonchev–Trinajstić information content (AvgIpc) is 3.28. The molecule has 31 heavy (non-hydrogen) atoms. The molecule has 8 heteroatoms. The van der Waals surface area contributed by atoms with Crippen LogP contribution in [0.5, 0.6) is 11.5 Å². The van der Waals surface area contributed by atoms with Crippen LogP contribution in [0, 0.1) is 17.1 Å². The minimum Gasteiger partial charge on any atom is -0.497 e. The van der Waals surface area contributed by atoms with Gasteiger partial charge < -0.3 is 20.1 Å². The van der Waals surface area contributed by atoms with Crippen LogP contribution in [-0.4, -0.2) is 26.2 Å². The van der Waals surface area contributed by atoms with Gasteiger partial charge >= 0.3 is 0 Å². The normalized spacial score (nSPS) is 13.8. The van der Waals surface area contributed by atoms with E-state index in [0.717, 1.165) is 29.9 Å². The van der Waals surface area contributed by atoms with Crippen LogP contribution in [0.15, 0.2) is 41.4 Å². The molecule has 0 saturated heterocycles. The van der Waals surface area contributed by atoms with Crippen LogP contribution in [0.3, 0.4) is 0 Å². The molecule has 0 unspecified atom stereocenters. The highest BCUT2D eigenvalue weighted by Crippen LogP contribution is 2.30. The number of hydrogen-bond donors (Lipinski definition) is 2. The fraction of sp³-hybridized carbons (Fsp3) is 0.391. The van der Waals surface area contributed by atoms with Crippen molar-refractivity contribution in [2.24, 2.45) is 4.99 Å². The van der Waals surface area contributed by atoms with E-state index in [9.17, 15) is 4.39 Å². The maximum atomic E-state index is 14.0. The first-order valence-electron chi connectivity index (χ1n) is 10.1. The van der Waals surface area contributed by atoms with Gasteiger partial charge in [0.2, 0.25) is 0 Å². The molecule has 3 rings (SSSR count). The van der Waals surface area contributed by atoms with Crippen molar-refractivity contribution in [1.82, 2.24) is 10.6 Å². The third-order valence-corrected chi connectivity index (χ3v) is 5.16. The number of rotatable bonds is 7. The van der Waals surface area contributed by atoms with Crippen molar-refractivity contribution < 1.29 is 13.9 Å². The molecule has 0 aromatic heterocycles. The SMILES string of the molecule is CN=C(NCc1cc(C#N)ccc1F)NCc1ccc(OC)cc1OC1CCCC1.I. The van der Waals surface area contributed by atoms with Crippen molar-refractivity contribution in [2.45, 2.75) is 44.9 Å². The lowest BCUT2D eigenvalue weighted by Gasteiger charge is -2.19. The van der Waals surface area contributed by atoms with Gasteiger partial charge in [-0.15, -0.1) is 24.0 Å². The molecule has 1 aliphatic carbocycles. The van der Waals surface area contributed by atoms with Crippen LogP contribution in [0.25, 0.3) is 0 Å². The quantitative estimate of drug-likeness (QED) is 0.308. The van der Waals surface area contributed by atoms with Gasteiger partial charge in [-0.25, -0.2) is 4.39 Å². The first-order chi connectivity index (χ1) is 14.6. The summed E-state index contributed by atoms with van der Waals surface area (Å²) in [5.74, 6) is 1.72. The van der Waals surface area contributed by atoms with Gasteiger partial charge in [0, 0.05) is 37.3 Å². The number of guanidine groups is 1. The zero-order valence-corrected chi connectivity index (χ0v) is 20.1. The Morgan fingerprint density at radius 2 is 1.84 bits per heavy atom. The molecule has 0 aliphatic heterocycles. The predicted molar refractivity (Wildman–Crippen MR) is 129 cm³/mol. The topological polar surface area (TPSA) is 78.7 Å². The molecule has 0 radical (unpaired) electrons. The molecule has 2 N–H and O–H groups in total. The van der Waals surface area contributed by atoms with Crippen molar-refractivity contribution in [3.8, 4) is 17.6 Å². The van der Waals surface area contributed by atoms with Gasteiger partial charge in [-0.05, 0) is 56.0 Å². The van der Waals surface area contributed by atoms with Crippen LogP contribution < -0.4 is 20.1 Å². The van der Waals surface area contributed by atoms with E-state index in [4.69, 9.17) is 14.7 Å². The Balaban J connectivity index is 0.00000341. The Morgan fingerprint density at radius 1 is 1.13 bits per heavy atom. The van der Waals surface area contributed by atoms with E-state index in [2.05, 4.69) is 15.6 Å². The molecule has 1 saturated carbocycles. The van der Waals surface area contributed by atoms with Crippen molar-refractivity contribution in [3.63, 3.8) is 0 Å². The van der Waals surface area contributed by atoms with Crippen LogP contribution in [0.2, 0.25) is 0 Å². The maximum absolute atomic E-state index is 14.0. The second-order valence-corrected chi connectivity index (χ2v) is 7.20. The van der Waals surface area contributed by atoms with Gasteiger partial charge in [0.1, 0.15) is 17.3 Å². The Hall–Kier alpha value is -2.54. The van der Waals surface area contributed by atoms with Crippen LogP contribution in [0.4, 0.5) is 4.39 Å². The van der Waals surface area contributed by atoms with E-state index in [0.29, 0.717) is 23.6 Å². The molecule has 2 aromatic rings. The average molecular weight is 538 g/mol. The van der Waals surface area contributed by atoms with E-state index in [1.807, 2.05) is 24.3 Å². The van der Waals surface area contributed by atoms with E-state index < -0.39 is 0 Å². The second kappa shape index (κ2) is 12.3. The highest BCUT2D eigenvalue weighted by molar-refractivity contribution is 14.0. The summed E-state index contributed by atoms with van der Waals surface area (Å²) in [5, 5.41) is 15.3. The summed E-state index contributed by atoms with van der Waals surface area (Å²) in [5.41, 5.74) is 1.82. The van der Waals surface area contributed by atoms with Crippen molar-refractivity contribution >= 4 is 29.9 Å². The summed E-state index contributed by atoms with van der Waals surface area (Å²) >= 11 is 0. The standard InChI is InChI=1S/C23H27FN4O2.HI/c1-26-23(28-15-18-11-16(13-25)7-10-21(18)24)27-14-17-8-9-20(29-2)12-22(17)30-19-5-3-4-6-19;/h7-12,19H,3-6,14-15H2,1-2H3,(H2,26,27,28);1H. The van der Waals surface area contributed by atoms with E-state index in [1.54, 1.807) is 14.2 Å². The van der Waals surface area contributed by atoms with Gasteiger partial charge in [-0.1, -0.05) is 0 Å². The van der Waals surface area contributed by atoms with Gasteiger partial charge in [0.05, 0.1) is 24.8 Å². The molecule has 1 aliphatic rings. The monoisotopic (exact) mass is 538 g/mol. The van der Waals surface area contributed by atoms with Crippen LogP contribution >= 0.6 is 24.0 Å². The highest BCUT2D eigenvalue weighted by Gasteiger charge is 2.18. The molecule has 0 heterocycles. The number of ether oxygens (including phenoxy) is 2. The summed E-state index contributed by atoms with van der Waals surface area (Å²) in [6.07, 6.45) is 4.77. The van der Waals surface area contributed by atoms with Crippen LogP contribution in [-0.2, 0) is 13.1 Å². The fourth-order valence-electron chi connectivity index (χ4n) is 3.46. The summed E-state index contributed by atoms with van der Waals surface area (Å²) in [6, 6.07) is 12.1. The Kier molecular flexibility index (Phi) is 9.85. The van der Waals surface area contributed by atoms with E-state index in [1.165, 1.54) is 31.0 Å². The van der Waals surface area contributed by atoms with Gasteiger partial charge in [0.15, 0.2) is 5.96 Å². The predicted octanol–water partition coefficient (Wildman–Crippen LogP) is 4.51. The zero-order valence-electron chi connectivity index (χ0n) is 17.8. The summed E-state index contributed by atoms with van der Waals surface area (Å²) in [4.78, 5) is 4.20. The molecule has 6 nitrogen and oxygen atoms in total. The molecular weight excluding hydrogens is 510 g/mol. The number of nitriles is 1. The van der Waals surface area contributed by atoms with Gasteiger partial charge in [-0.2, -0.15) is 5.26 Å². The second-order valence-electron chi connectivity index (χ2n) is 7.20.